The van der Waals surface area contributed by atoms with Gasteiger partial charge in [0.2, 0.25) is 0 Å². The molecule has 1 saturated carbocycles. The summed E-state index contributed by atoms with van der Waals surface area (Å²) in [6.45, 7) is 1.95. The second-order valence-corrected chi connectivity index (χ2v) is 3.89. The molecule has 0 bridgehead atoms. The van der Waals surface area contributed by atoms with Crippen molar-refractivity contribution in [2.75, 3.05) is 0 Å². The second-order valence-electron chi connectivity index (χ2n) is 3.89. The van der Waals surface area contributed by atoms with Gasteiger partial charge in [-0.3, -0.25) is 4.79 Å². The highest BCUT2D eigenvalue weighted by atomic mass is 16.1. The van der Waals surface area contributed by atoms with Gasteiger partial charge >= 0.3 is 0 Å². The molecule has 2 rings (SSSR count). The highest BCUT2D eigenvalue weighted by Gasteiger charge is 2.50. The first-order valence-corrected chi connectivity index (χ1v) is 4.71. The summed E-state index contributed by atoms with van der Waals surface area (Å²) in [5.41, 5.74) is 1.04. The van der Waals surface area contributed by atoms with Gasteiger partial charge in [0.1, 0.15) is 5.41 Å². The maximum Gasteiger partial charge on any atom is 0.183 e. The van der Waals surface area contributed by atoms with Crippen molar-refractivity contribution in [3.8, 4) is 6.07 Å². The van der Waals surface area contributed by atoms with E-state index in [0.29, 0.717) is 5.56 Å². The van der Waals surface area contributed by atoms with Crippen molar-refractivity contribution in [2.45, 2.75) is 19.8 Å². The number of carbonyl (C=O) groups excluding carboxylic acids is 1. The lowest BCUT2D eigenvalue weighted by molar-refractivity contribution is 0.0934. The topological polar surface area (TPSA) is 40.9 Å². The molecule has 0 spiro atoms. The minimum absolute atomic E-state index is 0.0105. The summed E-state index contributed by atoms with van der Waals surface area (Å²) in [6.07, 6.45) is 1.44. The molecular weight excluding hydrogens is 174 g/mol. The maximum absolute atomic E-state index is 11.9. The van der Waals surface area contributed by atoms with E-state index in [1.807, 2.05) is 25.1 Å². The Labute approximate surface area is 83.2 Å². The van der Waals surface area contributed by atoms with Gasteiger partial charge in [-0.25, -0.2) is 0 Å². The number of Topliss-reactive ketones (excluding diaryl/α,β-unsaturated/α-hetero) is 1. The van der Waals surface area contributed by atoms with E-state index in [1.54, 1.807) is 6.07 Å². The molecule has 0 heterocycles. The molecule has 0 N–H and O–H groups in total. The lowest BCUT2D eigenvalue weighted by atomic mass is 9.95. The Balaban J connectivity index is 2.33. The first kappa shape index (κ1) is 8.96. The van der Waals surface area contributed by atoms with Gasteiger partial charge in [-0.05, 0) is 25.8 Å². The molecule has 1 aliphatic carbocycles. The number of rotatable bonds is 2. The third kappa shape index (κ3) is 1.31. The van der Waals surface area contributed by atoms with E-state index in [-0.39, 0.29) is 5.78 Å². The number of benzene rings is 1. The standard InChI is InChI=1S/C12H11NO/c1-9-3-2-4-10(7-9)11(14)12(8-13)5-6-12/h2-4,7H,5-6H2,1H3. The van der Waals surface area contributed by atoms with Crippen LogP contribution in [0.25, 0.3) is 0 Å². The van der Waals surface area contributed by atoms with Crippen molar-refractivity contribution in [3.05, 3.63) is 35.4 Å². The van der Waals surface area contributed by atoms with E-state index in [9.17, 15) is 4.79 Å². The average Bonchev–Trinajstić information content (AvgIpc) is 2.97. The lowest BCUT2D eigenvalue weighted by Crippen LogP contribution is -2.13. The summed E-state index contributed by atoms with van der Waals surface area (Å²) >= 11 is 0. The zero-order valence-electron chi connectivity index (χ0n) is 8.08. The van der Waals surface area contributed by atoms with Crippen LogP contribution in [0.5, 0.6) is 0 Å². The summed E-state index contributed by atoms with van der Waals surface area (Å²) in [6, 6.07) is 9.56. The van der Waals surface area contributed by atoms with Gasteiger partial charge in [-0.15, -0.1) is 0 Å². The third-order valence-electron chi connectivity index (χ3n) is 2.68. The fourth-order valence-electron chi connectivity index (χ4n) is 1.58. The molecule has 0 radical (unpaired) electrons. The molecule has 1 aromatic carbocycles. The number of ketones is 1. The maximum atomic E-state index is 11.9. The van der Waals surface area contributed by atoms with Crippen LogP contribution in [-0.4, -0.2) is 5.78 Å². The Bertz CT molecular complexity index is 424. The Morgan fingerprint density at radius 1 is 1.50 bits per heavy atom. The summed E-state index contributed by atoms with van der Waals surface area (Å²) < 4.78 is 0. The van der Waals surface area contributed by atoms with Gasteiger partial charge in [0.25, 0.3) is 0 Å². The van der Waals surface area contributed by atoms with Gasteiger partial charge in [-0.1, -0.05) is 23.8 Å². The molecule has 0 aliphatic heterocycles. The van der Waals surface area contributed by atoms with Crippen LogP contribution in [-0.2, 0) is 0 Å². The fraction of sp³-hybridized carbons (Fsp3) is 0.333. The van der Waals surface area contributed by atoms with Crippen molar-refractivity contribution in [2.24, 2.45) is 5.41 Å². The summed E-state index contributed by atoms with van der Waals surface area (Å²) in [5.74, 6) is -0.0105. The number of nitrogens with zero attached hydrogens (tertiary/aromatic N) is 1. The predicted octanol–water partition coefficient (Wildman–Crippen LogP) is 2.48. The van der Waals surface area contributed by atoms with Gasteiger partial charge in [0.15, 0.2) is 5.78 Å². The normalized spacial score (nSPS) is 17.1. The third-order valence-corrected chi connectivity index (χ3v) is 2.68. The van der Waals surface area contributed by atoms with E-state index >= 15 is 0 Å². The van der Waals surface area contributed by atoms with Crippen LogP contribution < -0.4 is 0 Å². The van der Waals surface area contributed by atoms with E-state index in [1.165, 1.54) is 0 Å². The van der Waals surface area contributed by atoms with E-state index in [0.717, 1.165) is 18.4 Å². The first-order valence-electron chi connectivity index (χ1n) is 4.71. The Morgan fingerprint density at radius 2 is 2.21 bits per heavy atom. The molecule has 1 fully saturated rings. The molecular formula is C12H11NO. The Morgan fingerprint density at radius 3 is 2.71 bits per heavy atom. The Kier molecular flexibility index (Phi) is 1.89. The van der Waals surface area contributed by atoms with E-state index in [2.05, 4.69) is 6.07 Å². The molecule has 0 saturated heterocycles. The largest absolute Gasteiger partial charge is 0.292 e. The minimum atomic E-state index is -0.687. The van der Waals surface area contributed by atoms with E-state index < -0.39 is 5.41 Å². The van der Waals surface area contributed by atoms with Gasteiger partial charge in [0.05, 0.1) is 6.07 Å². The number of hydrogen-bond acceptors (Lipinski definition) is 2. The second kappa shape index (κ2) is 2.95. The number of hydrogen-bond donors (Lipinski definition) is 0. The monoisotopic (exact) mass is 185 g/mol. The van der Waals surface area contributed by atoms with Crippen LogP contribution in [0.1, 0.15) is 28.8 Å². The molecule has 0 atom stereocenters. The van der Waals surface area contributed by atoms with Crippen molar-refractivity contribution in [1.82, 2.24) is 0 Å². The van der Waals surface area contributed by atoms with Crippen molar-refractivity contribution in [1.29, 1.82) is 5.26 Å². The molecule has 0 amide bonds. The summed E-state index contributed by atoms with van der Waals surface area (Å²) in [4.78, 5) is 11.9. The van der Waals surface area contributed by atoms with Crippen LogP contribution in [0.15, 0.2) is 24.3 Å². The highest BCUT2D eigenvalue weighted by molar-refractivity contribution is 6.04. The van der Waals surface area contributed by atoms with Crippen LogP contribution in [0.3, 0.4) is 0 Å². The highest BCUT2D eigenvalue weighted by Crippen LogP contribution is 2.47. The zero-order valence-corrected chi connectivity index (χ0v) is 8.08. The van der Waals surface area contributed by atoms with Gasteiger partial charge in [0, 0.05) is 5.56 Å². The molecule has 2 nitrogen and oxygen atoms in total. The lowest BCUT2D eigenvalue weighted by Gasteiger charge is -2.04. The molecule has 1 aromatic rings. The molecule has 2 heteroatoms. The van der Waals surface area contributed by atoms with Crippen LogP contribution in [0.4, 0.5) is 0 Å². The van der Waals surface area contributed by atoms with Crippen molar-refractivity contribution in [3.63, 3.8) is 0 Å². The van der Waals surface area contributed by atoms with Crippen molar-refractivity contribution >= 4 is 5.78 Å². The summed E-state index contributed by atoms with van der Waals surface area (Å²) in [7, 11) is 0. The van der Waals surface area contributed by atoms with Crippen LogP contribution >= 0.6 is 0 Å². The molecule has 0 unspecified atom stereocenters. The molecule has 1 aliphatic rings. The zero-order chi connectivity index (χ0) is 10.2. The van der Waals surface area contributed by atoms with Crippen LogP contribution in [0.2, 0.25) is 0 Å². The SMILES string of the molecule is Cc1cccc(C(=O)C2(C#N)CC2)c1. The number of carbonyl (C=O) groups is 1. The first-order chi connectivity index (χ1) is 6.68. The van der Waals surface area contributed by atoms with Gasteiger partial charge < -0.3 is 0 Å². The number of aryl methyl sites for hydroxylation is 1. The average molecular weight is 185 g/mol. The Hall–Kier alpha value is -1.62. The van der Waals surface area contributed by atoms with Gasteiger partial charge in [-0.2, -0.15) is 5.26 Å². The molecule has 14 heavy (non-hydrogen) atoms. The quantitative estimate of drug-likeness (QED) is 0.664. The minimum Gasteiger partial charge on any atom is -0.292 e. The predicted molar refractivity (Wildman–Crippen MR) is 52.8 cm³/mol. The van der Waals surface area contributed by atoms with E-state index in [4.69, 9.17) is 5.26 Å². The number of nitriles is 1. The molecule has 70 valence electrons. The summed E-state index contributed by atoms with van der Waals surface area (Å²) in [5, 5.41) is 8.89. The van der Waals surface area contributed by atoms with Crippen molar-refractivity contribution < 1.29 is 4.79 Å². The smallest absolute Gasteiger partial charge is 0.183 e. The van der Waals surface area contributed by atoms with Crippen LogP contribution in [0, 0.1) is 23.7 Å². The fourth-order valence-corrected chi connectivity index (χ4v) is 1.58. The molecule has 0 aromatic heterocycles.